The van der Waals surface area contributed by atoms with Gasteiger partial charge in [0, 0.05) is 0 Å². The highest BCUT2D eigenvalue weighted by Gasteiger charge is 2.25. The molecule has 0 aromatic heterocycles. The van der Waals surface area contributed by atoms with Crippen LogP contribution >= 0.6 is 23.4 Å². The maximum absolute atomic E-state index is 11.6. The largest absolute Gasteiger partial charge is 0.492 e. The van der Waals surface area contributed by atoms with Crippen molar-refractivity contribution in [1.82, 2.24) is 5.32 Å². The zero-order chi connectivity index (χ0) is 17.6. The molecular formula is C19H22ClNO3S. The van der Waals surface area contributed by atoms with Gasteiger partial charge in [-0.05, 0) is 54.3 Å². The lowest BCUT2D eigenvalue weighted by atomic mass is 9.86. The number of benzene rings is 1. The molecule has 6 heteroatoms. The van der Waals surface area contributed by atoms with Crippen molar-refractivity contribution in [3.8, 4) is 5.75 Å². The Balaban J connectivity index is 1.50. The fourth-order valence-electron chi connectivity index (χ4n) is 3.33. The van der Waals surface area contributed by atoms with Gasteiger partial charge in [-0.3, -0.25) is 14.9 Å². The van der Waals surface area contributed by atoms with Crippen LogP contribution in [0, 0.1) is 5.92 Å². The molecular weight excluding hydrogens is 358 g/mol. The quantitative estimate of drug-likeness (QED) is 0.530. The topological polar surface area (TPSA) is 55.4 Å². The number of ether oxygens (including phenoxy) is 1. The van der Waals surface area contributed by atoms with Gasteiger partial charge in [0.15, 0.2) is 0 Å². The van der Waals surface area contributed by atoms with E-state index in [0.717, 1.165) is 29.7 Å². The smallest absolute Gasteiger partial charge is 0.290 e. The summed E-state index contributed by atoms with van der Waals surface area (Å²) in [7, 11) is 0. The Morgan fingerprint density at radius 1 is 1.24 bits per heavy atom. The van der Waals surface area contributed by atoms with Crippen LogP contribution in [-0.4, -0.2) is 17.8 Å². The predicted octanol–water partition coefficient (Wildman–Crippen LogP) is 5.40. The number of nitrogens with one attached hydrogen (secondary N) is 1. The maximum atomic E-state index is 11.6. The lowest BCUT2D eigenvalue weighted by Crippen LogP contribution is -2.17. The molecule has 0 bridgehead atoms. The Bertz CT molecular complexity index is 683. The minimum absolute atomic E-state index is 0.347. The molecule has 1 heterocycles. The van der Waals surface area contributed by atoms with E-state index >= 15 is 0 Å². The molecule has 1 aromatic rings. The van der Waals surface area contributed by atoms with Crippen LogP contribution in [0.3, 0.4) is 0 Å². The molecule has 1 aromatic carbocycles. The van der Waals surface area contributed by atoms with Crippen molar-refractivity contribution in [2.75, 3.05) is 6.61 Å². The van der Waals surface area contributed by atoms with Gasteiger partial charge in [0.2, 0.25) is 0 Å². The number of carbonyl (C=O) groups excluding carboxylic acids is 2. The predicted molar refractivity (Wildman–Crippen MR) is 102 cm³/mol. The van der Waals surface area contributed by atoms with E-state index in [1.54, 1.807) is 12.1 Å². The lowest BCUT2D eigenvalue weighted by molar-refractivity contribution is -0.115. The van der Waals surface area contributed by atoms with Gasteiger partial charge in [-0.25, -0.2) is 0 Å². The first-order valence-electron chi connectivity index (χ1n) is 8.79. The molecule has 1 N–H and O–H groups in total. The van der Waals surface area contributed by atoms with E-state index in [0.29, 0.717) is 22.3 Å². The zero-order valence-electron chi connectivity index (χ0n) is 14.1. The van der Waals surface area contributed by atoms with Crippen molar-refractivity contribution in [2.24, 2.45) is 5.92 Å². The van der Waals surface area contributed by atoms with Gasteiger partial charge in [0.25, 0.3) is 11.1 Å². The molecule has 0 spiro atoms. The minimum Gasteiger partial charge on any atom is -0.492 e. The van der Waals surface area contributed by atoms with E-state index in [1.807, 2.05) is 12.1 Å². The van der Waals surface area contributed by atoms with Crippen LogP contribution in [0.15, 0.2) is 23.1 Å². The summed E-state index contributed by atoms with van der Waals surface area (Å²) < 4.78 is 5.80. The van der Waals surface area contributed by atoms with Crippen LogP contribution in [-0.2, 0) is 4.79 Å². The molecule has 0 atom stereocenters. The summed E-state index contributed by atoms with van der Waals surface area (Å²) in [5, 5.41) is 2.40. The second-order valence-electron chi connectivity index (χ2n) is 6.54. The number of carbonyl (C=O) groups is 2. The van der Waals surface area contributed by atoms with Crippen molar-refractivity contribution in [2.45, 2.75) is 44.9 Å². The van der Waals surface area contributed by atoms with Crippen LogP contribution in [0.1, 0.15) is 50.5 Å². The van der Waals surface area contributed by atoms with Gasteiger partial charge in [0.05, 0.1) is 16.5 Å². The Morgan fingerprint density at radius 2 is 2.04 bits per heavy atom. The molecule has 25 heavy (non-hydrogen) atoms. The Labute approximate surface area is 157 Å². The second-order valence-corrected chi connectivity index (χ2v) is 7.96. The van der Waals surface area contributed by atoms with E-state index in [-0.39, 0.29) is 11.1 Å². The summed E-state index contributed by atoms with van der Waals surface area (Å²) in [5.74, 6) is 1.15. The SMILES string of the molecule is O=C1NC(=O)/C(=C/c2ccc(OCCCC3CCCCC3)c(Cl)c2)S1. The van der Waals surface area contributed by atoms with E-state index in [9.17, 15) is 9.59 Å². The molecule has 2 amide bonds. The molecule has 1 aliphatic heterocycles. The third-order valence-electron chi connectivity index (χ3n) is 4.63. The summed E-state index contributed by atoms with van der Waals surface area (Å²) in [6.45, 7) is 0.670. The van der Waals surface area contributed by atoms with Gasteiger partial charge in [0.1, 0.15) is 5.75 Å². The minimum atomic E-state index is -0.367. The molecule has 2 aliphatic rings. The highest BCUT2D eigenvalue weighted by molar-refractivity contribution is 8.18. The highest BCUT2D eigenvalue weighted by atomic mass is 35.5. The molecule has 134 valence electrons. The molecule has 2 fully saturated rings. The molecule has 1 saturated carbocycles. The van der Waals surface area contributed by atoms with Crippen LogP contribution in [0.2, 0.25) is 5.02 Å². The average Bonchev–Trinajstić information content (AvgIpc) is 2.91. The van der Waals surface area contributed by atoms with Crippen LogP contribution < -0.4 is 10.1 Å². The molecule has 0 radical (unpaired) electrons. The monoisotopic (exact) mass is 379 g/mol. The molecule has 0 unspecified atom stereocenters. The first-order valence-corrected chi connectivity index (χ1v) is 9.98. The molecule has 1 saturated heterocycles. The first-order chi connectivity index (χ1) is 12.1. The van der Waals surface area contributed by atoms with E-state index in [2.05, 4.69) is 5.32 Å². The normalized spacial score (nSPS) is 20.1. The van der Waals surface area contributed by atoms with Crippen LogP contribution in [0.4, 0.5) is 4.79 Å². The third-order valence-corrected chi connectivity index (χ3v) is 5.74. The Kier molecular flexibility index (Phi) is 6.43. The number of halogens is 1. The average molecular weight is 380 g/mol. The van der Waals surface area contributed by atoms with Gasteiger partial charge in [-0.2, -0.15) is 0 Å². The van der Waals surface area contributed by atoms with E-state index < -0.39 is 0 Å². The second kappa shape index (κ2) is 8.77. The number of hydrogen-bond acceptors (Lipinski definition) is 4. The van der Waals surface area contributed by atoms with E-state index in [4.69, 9.17) is 16.3 Å². The standard InChI is InChI=1S/C19H22ClNO3S/c20-15-11-14(12-17-18(22)21-19(23)25-17)8-9-16(15)24-10-4-7-13-5-2-1-3-6-13/h8-9,11-13H,1-7,10H2,(H,21,22,23)/b17-12-. The molecule has 4 nitrogen and oxygen atoms in total. The summed E-state index contributed by atoms with van der Waals surface area (Å²) in [4.78, 5) is 23.1. The number of hydrogen-bond donors (Lipinski definition) is 1. The molecule has 3 rings (SSSR count). The van der Waals surface area contributed by atoms with Gasteiger partial charge >= 0.3 is 0 Å². The highest BCUT2D eigenvalue weighted by Crippen LogP contribution is 2.31. The van der Waals surface area contributed by atoms with Crippen LogP contribution in [0.25, 0.3) is 6.08 Å². The summed E-state index contributed by atoms with van der Waals surface area (Å²) in [5.41, 5.74) is 0.770. The maximum Gasteiger partial charge on any atom is 0.290 e. The zero-order valence-corrected chi connectivity index (χ0v) is 15.6. The molecule has 1 aliphatic carbocycles. The first kappa shape index (κ1) is 18.3. The van der Waals surface area contributed by atoms with Crippen LogP contribution in [0.5, 0.6) is 5.75 Å². The Morgan fingerprint density at radius 3 is 2.72 bits per heavy atom. The van der Waals surface area contributed by atoms with Gasteiger partial charge in [-0.1, -0.05) is 49.8 Å². The Hall–Kier alpha value is -1.46. The van der Waals surface area contributed by atoms with Crippen molar-refractivity contribution >= 4 is 40.6 Å². The lowest BCUT2D eigenvalue weighted by Gasteiger charge is -2.21. The van der Waals surface area contributed by atoms with Gasteiger partial charge < -0.3 is 4.74 Å². The summed E-state index contributed by atoms with van der Waals surface area (Å²) in [6.07, 6.45) is 10.8. The van der Waals surface area contributed by atoms with Crippen molar-refractivity contribution in [3.63, 3.8) is 0 Å². The number of imide groups is 1. The van der Waals surface area contributed by atoms with Gasteiger partial charge in [-0.15, -0.1) is 0 Å². The number of thioether (sulfide) groups is 1. The van der Waals surface area contributed by atoms with Crippen molar-refractivity contribution in [1.29, 1.82) is 0 Å². The number of amides is 2. The summed E-state index contributed by atoms with van der Waals surface area (Å²) in [6, 6.07) is 5.41. The fourth-order valence-corrected chi connectivity index (χ4v) is 4.25. The van der Waals surface area contributed by atoms with Crippen molar-refractivity contribution < 1.29 is 14.3 Å². The van der Waals surface area contributed by atoms with Crippen molar-refractivity contribution in [3.05, 3.63) is 33.7 Å². The summed E-state index contributed by atoms with van der Waals surface area (Å²) >= 11 is 7.18. The fraction of sp³-hybridized carbons (Fsp3) is 0.474. The van der Waals surface area contributed by atoms with E-state index in [1.165, 1.54) is 38.5 Å². The third kappa shape index (κ3) is 5.25. The number of rotatable bonds is 6.